The Hall–Kier alpha value is -2.40. The zero-order chi connectivity index (χ0) is 15.0. The number of nitrogen functional groups attached to an aromatic ring is 1. The fourth-order valence-electron chi connectivity index (χ4n) is 2.25. The Labute approximate surface area is 126 Å². The summed E-state index contributed by atoms with van der Waals surface area (Å²) in [6.07, 6.45) is 1.72. The molecule has 0 aliphatic rings. The Morgan fingerprint density at radius 1 is 1.10 bits per heavy atom. The third-order valence-corrected chi connectivity index (χ3v) is 3.58. The van der Waals surface area contributed by atoms with Gasteiger partial charge in [0.25, 0.3) is 0 Å². The third-order valence-electron chi connectivity index (χ3n) is 3.28. The van der Waals surface area contributed by atoms with Crippen LogP contribution in [0.15, 0.2) is 36.7 Å². The maximum Gasteiger partial charge on any atom is 0.144 e. The maximum atomic E-state index is 6.13. The van der Waals surface area contributed by atoms with Crippen LogP contribution in [0.2, 0.25) is 5.02 Å². The zero-order valence-electron chi connectivity index (χ0n) is 11.6. The van der Waals surface area contributed by atoms with Gasteiger partial charge in [0, 0.05) is 17.8 Å². The quantitative estimate of drug-likeness (QED) is 0.754. The summed E-state index contributed by atoms with van der Waals surface area (Å²) in [7, 11) is 3.17. The fourth-order valence-corrected chi connectivity index (χ4v) is 2.49. The van der Waals surface area contributed by atoms with E-state index in [1.165, 1.54) is 0 Å². The van der Waals surface area contributed by atoms with E-state index in [1.807, 2.05) is 28.8 Å². The van der Waals surface area contributed by atoms with Gasteiger partial charge in [0.15, 0.2) is 0 Å². The molecule has 5 nitrogen and oxygen atoms in total. The van der Waals surface area contributed by atoms with Crippen LogP contribution in [-0.2, 0) is 0 Å². The van der Waals surface area contributed by atoms with Crippen LogP contribution in [0.1, 0.15) is 0 Å². The van der Waals surface area contributed by atoms with Crippen molar-refractivity contribution >= 4 is 28.3 Å². The van der Waals surface area contributed by atoms with Crippen LogP contribution in [0.5, 0.6) is 11.5 Å². The van der Waals surface area contributed by atoms with Gasteiger partial charge in [0.1, 0.15) is 17.8 Å². The van der Waals surface area contributed by atoms with Crippen LogP contribution in [0.3, 0.4) is 0 Å². The minimum absolute atomic E-state index is 0.492. The SMILES string of the molecule is COc1cc(-n2cnc3cc(N)ccc32)c(OC)cc1Cl. The summed E-state index contributed by atoms with van der Waals surface area (Å²) in [5.74, 6) is 1.21. The Morgan fingerprint density at radius 2 is 1.86 bits per heavy atom. The second-order valence-corrected chi connectivity index (χ2v) is 4.93. The van der Waals surface area contributed by atoms with Crippen LogP contribution in [-0.4, -0.2) is 23.8 Å². The fraction of sp³-hybridized carbons (Fsp3) is 0.133. The topological polar surface area (TPSA) is 62.3 Å². The molecule has 2 N–H and O–H groups in total. The highest BCUT2D eigenvalue weighted by atomic mass is 35.5. The van der Waals surface area contributed by atoms with Gasteiger partial charge < -0.3 is 15.2 Å². The predicted octanol–water partition coefficient (Wildman–Crippen LogP) is 3.28. The van der Waals surface area contributed by atoms with Crippen molar-refractivity contribution < 1.29 is 9.47 Å². The number of hydrogen-bond acceptors (Lipinski definition) is 4. The Bertz CT molecular complexity index is 814. The van der Waals surface area contributed by atoms with Crippen LogP contribution >= 0.6 is 11.6 Å². The van der Waals surface area contributed by atoms with E-state index >= 15 is 0 Å². The van der Waals surface area contributed by atoms with E-state index in [9.17, 15) is 0 Å². The zero-order valence-corrected chi connectivity index (χ0v) is 12.4. The lowest BCUT2D eigenvalue weighted by molar-refractivity contribution is 0.402. The van der Waals surface area contributed by atoms with Gasteiger partial charge in [-0.2, -0.15) is 0 Å². The lowest BCUT2D eigenvalue weighted by Crippen LogP contribution is -1.98. The van der Waals surface area contributed by atoms with Gasteiger partial charge in [-0.25, -0.2) is 4.98 Å². The van der Waals surface area contributed by atoms with E-state index < -0.39 is 0 Å². The molecule has 6 heteroatoms. The number of benzene rings is 2. The molecule has 0 bridgehead atoms. The van der Waals surface area contributed by atoms with Crippen LogP contribution in [0.4, 0.5) is 5.69 Å². The first kappa shape index (κ1) is 13.6. The molecule has 0 radical (unpaired) electrons. The van der Waals surface area contributed by atoms with Crippen molar-refractivity contribution in [3.05, 3.63) is 41.7 Å². The third kappa shape index (κ3) is 2.25. The summed E-state index contributed by atoms with van der Waals surface area (Å²) in [6, 6.07) is 9.11. The van der Waals surface area contributed by atoms with Crippen molar-refractivity contribution in [2.45, 2.75) is 0 Å². The number of methoxy groups -OCH3 is 2. The Balaban J connectivity index is 2.26. The monoisotopic (exact) mass is 303 g/mol. The van der Waals surface area contributed by atoms with E-state index in [0.717, 1.165) is 16.7 Å². The maximum absolute atomic E-state index is 6.13. The standard InChI is InChI=1S/C15H14ClN3O2/c1-20-14-7-13(15(21-2)6-10(14)16)19-8-18-11-5-9(17)3-4-12(11)19/h3-8H,17H2,1-2H3. The molecule has 0 spiro atoms. The predicted molar refractivity (Wildman–Crippen MR) is 83.6 cm³/mol. The van der Waals surface area contributed by atoms with Gasteiger partial charge in [0.05, 0.1) is 36.0 Å². The first-order valence-electron chi connectivity index (χ1n) is 6.28. The largest absolute Gasteiger partial charge is 0.495 e. The minimum Gasteiger partial charge on any atom is -0.495 e. The summed E-state index contributed by atoms with van der Waals surface area (Å²) >= 11 is 6.13. The minimum atomic E-state index is 0.492. The van der Waals surface area contributed by atoms with Gasteiger partial charge >= 0.3 is 0 Å². The highest BCUT2D eigenvalue weighted by molar-refractivity contribution is 6.32. The highest BCUT2D eigenvalue weighted by Crippen LogP contribution is 2.36. The second kappa shape index (κ2) is 5.18. The van der Waals surface area contributed by atoms with Crippen molar-refractivity contribution in [3.8, 4) is 17.2 Å². The second-order valence-electron chi connectivity index (χ2n) is 4.52. The Kier molecular flexibility index (Phi) is 3.35. The normalized spacial score (nSPS) is 10.8. The number of fused-ring (bicyclic) bond motifs is 1. The summed E-state index contributed by atoms with van der Waals surface area (Å²) in [5, 5.41) is 0.492. The van der Waals surface area contributed by atoms with E-state index in [1.54, 1.807) is 26.6 Å². The number of imidazole rings is 1. The van der Waals surface area contributed by atoms with Crippen LogP contribution in [0, 0.1) is 0 Å². The molecule has 2 aromatic carbocycles. The molecule has 1 aromatic heterocycles. The smallest absolute Gasteiger partial charge is 0.144 e. The lowest BCUT2D eigenvalue weighted by Gasteiger charge is -2.13. The van der Waals surface area contributed by atoms with Crippen LogP contribution in [0.25, 0.3) is 16.7 Å². The highest BCUT2D eigenvalue weighted by Gasteiger charge is 2.14. The molecule has 108 valence electrons. The molecular weight excluding hydrogens is 290 g/mol. The van der Waals surface area contributed by atoms with E-state index in [-0.39, 0.29) is 0 Å². The number of ether oxygens (including phenoxy) is 2. The molecule has 0 atom stereocenters. The number of hydrogen-bond donors (Lipinski definition) is 1. The van der Waals surface area contributed by atoms with E-state index in [0.29, 0.717) is 22.2 Å². The molecule has 3 aromatic rings. The molecular formula is C15H14ClN3O2. The average Bonchev–Trinajstić information content (AvgIpc) is 2.89. The van der Waals surface area contributed by atoms with Crippen molar-refractivity contribution in [2.24, 2.45) is 0 Å². The number of anilines is 1. The molecule has 0 saturated carbocycles. The number of nitrogens with two attached hydrogens (primary N) is 1. The van der Waals surface area contributed by atoms with E-state index in [2.05, 4.69) is 4.98 Å². The summed E-state index contributed by atoms with van der Waals surface area (Å²) in [6.45, 7) is 0. The first-order chi connectivity index (χ1) is 10.1. The van der Waals surface area contributed by atoms with Crippen molar-refractivity contribution in [2.75, 3.05) is 20.0 Å². The molecule has 0 amide bonds. The molecule has 0 unspecified atom stereocenters. The van der Waals surface area contributed by atoms with Gasteiger partial charge in [-0.15, -0.1) is 0 Å². The number of rotatable bonds is 3. The Morgan fingerprint density at radius 3 is 2.57 bits per heavy atom. The van der Waals surface area contributed by atoms with Gasteiger partial charge in [-0.1, -0.05) is 11.6 Å². The molecule has 0 fully saturated rings. The van der Waals surface area contributed by atoms with Gasteiger partial charge in [0.2, 0.25) is 0 Å². The van der Waals surface area contributed by atoms with Crippen molar-refractivity contribution in [3.63, 3.8) is 0 Å². The molecule has 0 aliphatic carbocycles. The summed E-state index contributed by atoms with van der Waals surface area (Å²) in [4.78, 5) is 4.36. The average molecular weight is 304 g/mol. The first-order valence-corrected chi connectivity index (χ1v) is 6.66. The van der Waals surface area contributed by atoms with Gasteiger partial charge in [-0.3, -0.25) is 4.57 Å². The van der Waals surface area contributed by atoms with Crippen LogP contribution < -0.4 is 15.2 Å². The van der Waals surface area contributed by atoms with Crippen molar-refractivity contribution in [1.29, 1.82) is 0 Å². The summed E-state index contributed by atoms with van der Waals surface area (Å²) in [5.41, 5.74) is 8.99. The lowest BCUT2D eigenvalue weighted by atomic mass is 10.2. The molecule has 0 aliphatic heterocycles. The molecule has 21 heavy (non-hydrogen) atoms. The molecule has 0 saturated heterocycles. The van der Waals surface area contributed by atoms with E-state index in [4.69, 9.17) is 26.8 Å². The molecule has 3 rings (SSSR count). The van der Waals surface area contributed by atoms with Crippen molar-refractivity contribution in [1.82, 2.24) is 9.55 Å². The number of nitrogens with zero attached hydrogens (tertiary/aromatic N) is 2. The number of halogens is 1. The summed E-state index contributed by atoms with van der Waals surface area (Å²) < 4.78 is 12.6. The molecule has 1 heterocycles. The van der Waals surface area contributed by atoms with Gasteiger partial charge in [-0.05, 0) is 18.2 Å². The number of aromatic nitrogens is 2.